The predicted octanol–water partition coefficient (Wildman–Crippen LogP) is 0.993. The molecule has 0 aliphatic carbocycles. The van der Waals surface area contributed by atoms with Gasteiger partial charge in [-0.1, -0.05) is 0 Å². The summed E-state index contributed by atoms with van der Waals surface area (Å²) in [4.78, 5) is 6.39. The molecule has 2 atom stereocenters. The summed E-state index contributed by atoms with van der Waals surface area (Å²) in [5.74, 6) is 0. The maximum Gasteiger partial charge on any atom is 0.0710 e. The van der Waals surface area contributed by atoms with Crippen LogP contribution in [-0.2, 0) is 20.0 Å². The minimum Gasteiger partial charge on any atom is -0.391 e. The third-order valence-corrected chi connectivity index (χ3v) is 3.96. The standard InChI is InChI=1S/C15H20N4O/c1-18-10-13(9-17-18)11-19-7-4-15(20)14(19)8-12-2-5-16-6-3-12/h2-3,5-6,9-10,14-15,20H,4,7-8,11H2,1H3/t14-,15-/m1/s1. The molecule has 106 valence electrons. The molecule has 2 aromatic heterocycles. The molecule has 1 N–H and O–H groups in total. The van der Waals surface area contributed by atoms with Crippen LogP contribution in [0.1, 0.15) is 17.5 Å². The highest BCUT2D eigenvalue weighted by molar-refractivity contribution is 5.13. The Morgan fingerprint density at radius 1 is 1.30 bits per heavy atom. The molecule has 5 heteroatoms. The van der Waals surface area contributed by atoms with Crippen LogP contribution in [0.4, 0.5) is 0 Å². The number of rotatable bonds is 4. The van der Waals surface area contributed by atoms with Gasteiger partial charge in [-0.25, -0.2) is 0 Å². The van der Waals surface area contributed by atoms with Crippen molar-refractivity contribution in [3.05, 3.63) is 48.0 Å². The Morgan fingerprint density at radius 2 is 2.10 bits per heavy atom. The molecule has 2 aromatic rings. The fourth-order valence-electron chi connectivity index (χ4n) is 2.91. The predicted molar refractivity (Wildman–Crippen MR) is 76.0 cm³/mol. The maximum atomic E-state index is 10.2. The molecule has 3 heterocycles. The van der Waals surface area contributed by atoms with Crippen molar-refractivity contribution in [1.29, 1.82) is 0 Å². The molecule has 1 aliphatic rings. The summed E-state index contributed by atoms with van der Waals surface area (Å²) >= 11 is 0. The SMILES string of the molecule is Cn1cc(CN2CC[C@@H](O)[C@H]2Cc2ccncc2)cn1. The second-order valence-corrected chi connectivity index (χ2v) is 5.48. The van der Waals surface area contributed by atoms with E-state index >= 15 is 0 Å². The van der Waals surface area contributed by atoms with Gasteiger partial charge in [0.15, 0.2) is 0 Å². The van der Waals surface area contributed by atoms with E-state index in [0.29, 0.717) is 0 Å². The lowest BCUT2D eigenvalue weighted by Crippen LogP contribution is -2.36. The number of aryl methyl sites for hydroxylation is 1. The van der Waals surface area contributed by atoms with Gasteiger partial charge in [-0.05, 0) is 30.5 Å². The van der Waals surface area contributed by atoms with Crippen LogP contribution in [-0.4, -0.2) is 43.5 Å². The van der Waals surface area contributed by atoms with Crippen LogP contribution in [0.3, 0.4) is 0 Å². The lowest BCUT2D eigenvalue weighted by atomic mass is 10.0. The lowest BCUT2D eigenvalue weighted by molar-refractivity contribution is 0.112. The smallest absolute Gasteiger partial charge is 0.0710 e. The minimum absolute atomic E-state index is 0.178. The fraction of sp³-hybridized carbons (Fsp3) is 0.467. The van der Waals surface area contributed by atoms with Gasteiger partial charge in [0.2, 0.25) is 0 Å². The van der Waals surface area contributed by atoms with Crippen molar-refractivity contribution in [2.75, 3.05) is 6.54 Å². The third-order valence-electron chi connectivity index (χ3n) is 3.96. The van der Waals surface area contributed by atoms with Gasteiger partial charge in [0.25, 0.3) is 0 Å². The molecular weight excluding hydrogens is 252 g/mol. The number of hydrogen-bond acceptors (Lipinski definition) is 4. The van der Waals surface area contributed by atoms with Crippen molar-refractivity contribution < 1.29 is 5.11 Å². The summed E-state index contributed by atoms with van der Waals surface area (Å²) in [5, 5.41) is 14.4. The van der Waals surface area contributed by atoms with Gasteiger partial charge >= 0.3 is 0 Å². The Bertz CT molecular complexity index is 554. The van der Waals surface area contributed by atoms with Crippen LogP contribution >= 0.6 is 0 Å². The molecule has 0 spiro atoms. The van der Waals surface area contributed by atoms with Crippen LogP contribution in [0.25, 0.3) is 0 Å². The highest BCUT2D eigenvalue weighted by Crippen LogP contribution is 2.23. The number of aliphatic hydroxyl groups excluding tert-OH is 1. The normalized spacial score (nSPS) is 23.3. The molecule has 5 nitrogen and oxygen atoms in total. The zero-order chi connectivity index (χ0) is 13.9. The number of aromatic nitrogens is 3. The van der Waals surface area contributed by atoms with Crippen LogP contribution in [0.2, 0.25) is 0 Å². The first-order chi connectivity index (χ1) is 9.72. The number of nitrogens with zero attached hydrogens (tertiary/aromatic N) is 4. The van der Waals surface area contributed by atoms with E-state index < -0.39 is 0 Å². The van der Waals surface area contributed by atoms with E-state index in [2.05, 4.69) is 15.0 Å². The Morgan fingerprint density at radius 3 is 2.80 bits per heavy atom. The zero-order valence-electron chi connectivity index (χ0n) is 11.7. The second kappa shape index (κ2) is 5.73. The topological polar surface area (TPSA) is 54.2 Å². The van der Waals surface area contributed by atoms with Gasteiger partial charge < -0.3 is 5.11 Å². The number of pyridine rings is 1. The van der Waals surface area contributed by atoms with Crippen molar-refractivity contribution in [3.63, 3.8) is 0 Å². The molecule has 20 heavy (non-hydrogen) atoms. The Kier molecular flexibility index (Phi) is 3.80. The van der Waals surface area contributed by atoms with E-state index in [1.54, 1.807) is 0 Å². The number of hydrogen-bond donors (Lipinski definition) is 1. The van der Waals surface area contributed by atoms with Gasteiger partial charge in [0.1, 0.15) is 0 Å². The Labute approximate surface area is 118 Å². The minimum atomic E-state index is -0.250. The average molecular weight is 272 g/mol. The first kappa shape index (κ1) is 13.3. The summed E-state index contributed by atoms with van der Waals surface area (Å²) in [6.07, 6.45) is 9.01. The highest BCUT2D eigenvalue weighted by atomic mass is 16.3. The summed E-state index contributed by atoms with van der Waals surface area (Å²) in [7, 11) is 1.93. The summed E-state index contributed by atoms with van der Waals surface area (Å²) in [6, 6.07) is 4.22. The molecule has 0 amide bonds. The van der Waals surface area contributed by atoms with Crippen LogP contribution in [0, 0.1) is 0 Å². The quantitative estimate of drug-likeness (QED) is 0.902. The van der Waals surface area contributed by atoms with Gasteiger partial charge in [-0.2, -0.15) is 5.10 Å². The maximum absolute atomic E-state index is 10.2. The molecule has 1 fully saturated rings. The monoisotopic (exact) mass is 272 g/mol. The molecule has 3 rings (SSSR count). The highest BCUT2D eigenvalue weighted by Gasteiger charge is 2.32. The summed E-state index contributed by atoms with van der Waals surface area (Å²) < 4.78 is 1.82. The van der Waals surface area contributed by atoms with Crippen molar-refractivity contribution in [2.45, 2.75) is 31.5 Å². The van der Waals surface area contributed by atoms with Gasteiger partial charge in [0, 0.05) is 50.3 Å². The van der Waals surface area contributed by atoms with Crippen LogP contribution in [0.15, 0.2) is 36.9 Å². The molecule has 0 saturated carbocycles. The van der Waals surface area contributed by atoms with Crippen LogP contribution in [0.5, 0.6) is 0 Å². The first-order valence-corrected chi connectivity index (χ1v) is 7.01. The van der Waals surface area contributed by atoms with Crippen molar-refractivity contribution >= 4 is 0 Å². The van der Waals surface area contributed by atoms with E-state index in [0.717, 1.165) is 25.9 Å². The van der Waals surface area contributed by atoms with Crippen molar-refractivity contribution in [2.24, 2.45) is 7.05 Å². The Hall–Kier alpha value is -1.72. The Balaban J connectivity index is 1.70. The number of aliphatic hydroxyl groups is 1. The fourth-order valence-corrected chi connectivity index (χ4v) is 2.91. The van der Waals surface area contributed by atoms with Crippen molar-refractivity contribution in [3.8, 4) is 0 Å². The van der Waals surface area contributed by atoms with Crippen molar-refractivity contribution in [1.82, 2.24) is 19.7 Å². The van der Waals surface area contributed by atoms with Gasteiger partial charge in [0.05, 0.1) is 12.3 Å². The third kappa shape index (κ3) is 2.89. The van der Waals surface area contributed by atoms with E-state index in [4.69, 9.17) is 0 Å². The average Bonchev–Trinajstić information content (AvgIpc) is 3.01. The molecule has 1 saturated heterocycles. The molecule has 0 radical (unpaired) electrons. The van der Waals surface area contributed by atoms with E-state index in [9.17, 15) is 5.11 Å². The molecular formula is C15H20N4O. The lowest BCUT2D eigenvalue weighted by Gasteiger charge is -2.25. The molecule has 0 aromatic carbocycles. The summed E-state index contributed by atoms with van der Waals surface area (Å²) in [6.45, 7) is 1.78. The largest absolute Gasteiger partial charge is 0.391 e. The first-order valence-electron chi connectivity index (χ1n) is 7.01. The molecule has 1 aliphatic heterocycles. The van der Waals surface area contributed by atoms with Gasteiger partial charge in [-0.15, -0.1) is 0 Å². The molecule has 0 bridgehead atoms. The van der Waals surface area contributed by atoms with E-state index in [-0.39, 0.29) is 12.1 Å². The molecule has 0 unspecified atom stereocenters. The number of likely N-dealkylation sites (tertiary alicyclic amines) is 1. The van der Waals surface area contributed by atoms with Crippen LogP contribution < -0.4 is 0 Å². The summed E-state index contributed by atoms with van der Waals surface area (Å²) in [5.41, 5.74) is 2.42. The van der Waals surface area contributed by atoms with Gasteiger partial charge in [-0.3, -0.25) is 14.6 Å². The second-order valence-electron chi connectivity index (χ2n) is 5.48. The zero-order valence-corrected chi connectivity index (χ0v) is 11.7. The van der Waals surface area contributed by atoms with E-state index in [1.165, 1.54) is 11.1 Å². The van der Waals surface area contributed by atoms with E-state index in [1.807, 2.05) is 48.6 Å².